The largest absolute Gasteiger partial charge is 0.491 e. The van der Waals surface area contributed by atoms with E-state index in [4.69, 9.17) is 4.74 Å². The summed E-state index contributed by atoms with van der Waals surface area (Å²) in [5, 5.41) is 0. The van der Waals surface area contributed by atoms with Crippen molar-refractivity contribution in [2.24, 2.45) is 7.05 Å². The van der Waals surface area contributed by atoms with Crippen LogP contribution in [0.3, 0.4) is 0 Å². The average Bonchev–Trinajstić information content (AvgIpc) is 2.66. The van der Waals surface area contributed by atoms with Gasteiger partial charge in [0.05, 0.1) is 6.61 Å². The van der Waals surface area contributed by atoms with E-state index in [9.17, 15) is 4.79 Å². The Kier molecular flexibility index (Phi) is 4.02. The summed E-state index contributed by atoms with van der Waals surface area (Å²) in [6.07, 6.45) is 6.32. The van der Waals surface area contributed by atoms with E-state index in [0.29, 0.717) is 12.3 Å². The van der Waals surface area contributed by atoms with Gasteiger partial charge in [0.2, 0.25) is 0 Å². The molecule has 0 saturated heterocycles. The van der Waals surface area contributed by atoms with E-state index in [1.165, 1.54) is 23.8 Å². The number of rotatable bonds is 6. The highest BCUT2D eigenvalue weighted by atomic mass is 16.5. The van der Waals surface area contributed by atoms with Gasteiger partial charge < -0.3 is 4.74 Å². The van der Waals surface area contributed by atoms with Crippen molar-refractivity contribution in [2.75, 3.05) is 6.61 Å². The van der Waals surface area contributed by atoms with E-state index in [-0.39, 0.29) is 5.69 Å². The summed E-state index contributed by atoms with van der Waals surface area (Å²) in [4.78, 5) is 18.3. The summed E-state index contributed by atoms with van der Waals surface area (Å²) in [5.74, 6) is 0.720. The van der Waals surface area contributed by atoms with Gasteiger partial charge in [-0.2, -0.15) is 0 Å². The predicted molar refractivity (Wildman–Crippen MR) is 71.0 cm³/mol. The van der Waals surface area contributed by atoms with E-state index < -0.39 is 0 Å². The summed E-state index contributed by atoms with van der Waals surface area (Å²) >= 11 is 0. The van der Waals surface area contributed by atoms with Crippen LogP contribution in [0, 0.1) is 0 Å². The molecule has 2 rings (SSSR count). The molecule has 5 nitrogen and oxygen atoms in total. The molecule has 0 saturated carbocycles. The highest BCUT2D eigenvalue weighted by Crippen LogP contribution is 2.21. The van der Waals surface area contributed by atoms with E-state index >= 15 is 0 Å². The molecule has 0 fully saturated rings. The lowest BCUT2D eigenvalue weighted by Gasteiger charge is -2.07. The molecule has 0 atom stereocenters. The van der Waals surface area contributed by atoms with Gasteiger partial charge >= 0.3 is 5.69 Å². The lowest BCUT2D eigenvalue weighted by molar-refractivity contribution is 0.307. The average molecular weight is 249 g/mol. The van der Waals surface area contributed by atoms with Crippen molar-refractivity contribution in [1.82, 2.24) is 14.5 Å². The number of fused-ring (bicyclic) bond motifs is 1. The molecule has 0 spiro atoms. The Balaban J connectivity index is 2.11. The fraction of sp³-hybridized carbons (Fsp3) is 0.538. The molecule has 0 bridgehead atoms. The molecule has 1 N–H and O–H groups in total. The summed E-state index contributed by atoms with van der Waals surface area (Å²) < 4.78 is 7.27. The number of aryl methyl sites for hydroxylation is 1. The second-order valence-corrected chi connectivity index (χ2v) is 4.40. The van der Waals surface area contributed by atoms with Crippen LogP contribution < -0.4 is 10.4 Å². The maximum atomic E-state index is 11.5. The topological polar surface area (TPSA) is 59.9 Å². The van der Waals surface area contributed by atoms with Crippen LogP contribution in [0.5, 0.6) is 5.75 Å². The van der Waals surface area contributed by atoms with E-state index in [1.54, 1.807) is 19.3 Å². The monoisotopic (exact) mass is 249 g/mol. The van der Waals surface area contributed by atoms with Crippen molar-refractivity contribution < 1.29 is 4.74 Å². The molecule has 0 aromatic carbocycles. The van der Waals surface area contributed by atoms with Crippen LogP contribution in [0.2, 0.25) is 0 Å². The van der Waals surface area contributed by atoms with Gasteiger partial charge in [-0.1, -0.05) is 26.2 Å². The van der Waals surface area contributed by atoms with Gasteiger partial charge in [0.1, 0.15) is 11.3 Å². The summed E-state index contributed by atoms with van der Waals surface area (Å²) in [6.45, 7) is 2.86. The van der Waals surface area contributed by atoms with Gasteiger partial charge in [-0.25, -0.2) is 9.78 Å². The molecular formula is C13H19N3O2. The molecule has 5 heteroatoms. The number of nitrogens with one attached hydrogen (secondary N) is 1. The maximum absolute atomic E-state index is 11.5. The molecule has 2 aromatic rings. The van der Waals surface area contributed by atoms with Crippen molar-refractivity contribution in [3.63, 3.8) is 0 Å². The SMILES string of the molecule is CCCCCCOc1ccnc2[nH]c(=O)n(C)c12. The predicted octanol–water partition coefficient (Wildman–Crippen LogP) is 2.22. The Labute approximate surface area is 106 Å². The molecule has 0 amide bonds. The van der Waals surface area contributed by atoms with Crippen LogP contribution in [0.4, 0.5) is 0 Å². The van der Waals surface area contributed by atoms with Crippen LogP contribution >= 0.6 is 0 Å². The standard InChI is InChI=1S/C13H19N3O2/c1-3-4-5-6-9-18-10-7-8-14-12-11(10)16(2)13(17)15-12/h7-8H,3-6,9H2,1-2H3,(H,14,15,17). The number of ether oxygens (including phenoxy) is 1. The molecular weight excluding hydrogens is 230 g/mol. The highest BCUT2D eigenvalue weighted by Gasteiger charge is 2.09. The van der Waals surface area contributed by atoms with Crippen LogP contribution in [0.1, 0.15) is 32.6 Å². The van der Waals surface area contributed by atoms with Crippen LogP contribution in [-0.4, -0.2) is 21.1 Å². The molecule has 18 heavy (non-hydrogen) atoms. The molecule has 98 valence electrons. The number of pyridine rings is 1. The lowest BCUT2D eigenvalue weighted by Crippen LogP contribution is -2.12. The first-order valence-electron chi connectivity index (χ1n) is 6.40. The quantitative estimate of drug-likeness (QED) is 0.798. The number of nitrogens with zero attached hydrogens (tertiary/aromatic N) is 2. The summed E-state index contributed by atoms with van der Waals surface area (Å²) in [7, 11) is 1.72. The van der Waals surface area contributed by atoms with Crippen molar-refractivity contribution in [3.8, 4) is 5.75 Å². The number of unbranched alkanes of at least 4 members (excludes halogenated alkanes) is 3. The van der Waals surface area contributed by atoms with E-state index in [0.717, 1.165) is 17.7 Å². The summed E-state index contributed by atoms with van der Waals surface area (Å²) in [5.41, 5.74) is 1.14. The van der Waals surface area contributed by atoms with Gasteiger partial charge in [0.25, 0.3) is 0 Å². The minimum atomic E-state index is -0.167. The maximum Gasteiger partial charge on any atom is 0.327 e. The van der Waals surface area contributed by atoms with Gasteiger partial charge in [-0.05, 0) is 6.42 Å². The molecule has 0 aliphatic carbocycles. The number of hydrogen-bond donors (Lipinski definition) is 1. The Bertz CT molecular complexity index is 571. The van der Waals surface area contributed by atoms with Crippen LogP contribution in [0.15, 0.2) is 17.1 Å². The van der Waals surface area contributed by atoms with E-state index in [2.05, 4.69) is 16.9 Å². The normalized spacial score (nSPS) is 11.0. The van der Waals surface area contributed by atoms with Crippen molar-refractivity contribution in [2.45, 2.75) is 32.6 Å². The highest BCUT2D eigenvalue weighted by molar-refractivity contribution is 5.77. The number of H-pyrrole nitrogens is 1. The third-order valence-electron chi connectivity index (χ3n) is 3.01. The third kappa shape index (κ3) is 2.55. The number of imidazole rings is 1. The van der Waals surface area contributed by atoms with Crippen LogP contribution in [-0.2, 0) is 7.05 Å². The van der Waals surface area contributed by atoms with Gasteiger partial charge in [0.15, 0.2) is 5.65 Å². The Morgan fingerprint density at radius 1 is 1.39 bits per heavy atom. The summed E-state index contributed by atoms with van der Waals surface area (Å²) in [6, 6.07) is 1.80. The first-order valence-corrected chi connectivity index (χ1v) is 6.40. The molecule has 2 heterocycles. The lowest BCUT2D eigenvalue weighted by atomic mass is 10.2. The van der Waals surface area contributed by atoms with Gasteiger partial charge in [0, 0.05) is 19.3 Å². The van der Waals surface area contributed by atoms with Crippen LogP contribution in [0.25, 0.3) is 11.2 Å². The Hall–Kier alpha value is -1.78. The third-order valence-corrected chi connectivity index (χ3v) is 3.01. The first-order chi connectivity index (χ1) is 8.74. The molecule has 0 aliphatic rings. The fourth-order valence-corrected chi connectivity index (χ4v) is 1.97. The number of hydrogen-bond acceptors (Lipinski definition) is 3. The van der Waals surface area contributed by atoms with Crippen molar-refractivity contribution in [1.29, 1.82) is 0 Å². The number of aromatic amines is 1. The Morgan fingerprint density at radius 3 is 3.00 bits per heavy atom. The van der Waals surface area contributed by atoms with Crippen molar-refractivity contribution in [3.05, 3.63) is 22.7 Å². The minimum Gasteiger partial charge on any atom is -0.491 e. The minimum absolute atomic E-state index is 0.167. The van der Waals surface area contributed by atoms with Gasteiger partial charge in [-0.3, -0.25) is 9.55 Å². The second-order valence-electron chi connectivity index (χ2n) is 4.40. The van der Waals surface area contributed by atoms with Crippen molar-refractivity contribution >= 4 is 11.2 Å². The second kappa shape index (κ2) is 5.71. The molecule has 0 unspecified atom stereocenters. The molecule has 2 aromatic heterocycles. The zero-order valence-electron chi connectivity index (χ0n) is 10.9. The molecule has 0 aliphatic heterocycles. The van der Waals surface area contributed by atoms with E-state index in [1.807, 2.05) is 0 Å². The van der Waals surface area contributed by atoms with Gasteiger partial charge in [-0.15, -0.1) is 0 Å². The fourth-order valence-electron chi connectivity index (χ4n) is 1.97. The smallest absolute Gasteiger partial charge is 0.327 e. The Morgan fingerprint density at radius 2 is 2.22 bits per heavy atom. The molecule has 0 radical (unpaired) electrons. The first kappa shape index (κ1) is 12.7. The zero-order valence-corrected chi connectivity index (χ0v) is 10.9. The zero-order chi connectivity index (χ0) is 13.0. The number of aromatic nitrogens is 3.